The van der Waals surface area contributed by atoms with Gasteiger partial charge in [-0.1, -0.05) is 12.1 Å². The molecule has 0 aliphatic rings. The average Bonchev–Trinajstić information content (AvgIpc) is 2.39. The third kappa shape index (κ3) is 2.90. The van der Waals surface area contributed by atoms with E-state index in [0.29, 0.717) is 12.3 Å². The maximum Gasteiger partial charge on any atom is 0.162 e. The third-order valence-corrected chi connectivity index (χ3v) is 2.95. The van der Waals surface area contributed by atoms with Crippen molar-refractivity contribution in [1.82, 2.24) is 0 Å². The van der Waals surface area contributed by atoms with Crippen molar-refractivity contribution in [2.45, 2.75) is 11.4 Å². The Labute approximate surface area is 112 Å². The summed E-state index contributed by atoms with van der Waals surface area (Å²) in [5.41, 5.74) is 1.78. The van der Waals surface area contributed by atoms with Crippen LogP contribution in [0.1, 0.15) is 5.56 Å². The molecule has 0 fully saturated rings. The highest BCUT2D eigenvalue weighted by atomic mass is 32.1. The fraction of sp³-hybridized carbons (Fsp3) is 0.143. The lowest BCUT2D eigenvalue weighted by Gasteiger charge is -2.10. The van der Waals surface area contributed by atoms with Crippen LogP contribution in [0.4, 0.5) is 5.69 Å². The number of thiol groups is 1. The molecule has 0 aliphatic carbocycles. The minimum absolute atomic E-state index is 0.179. The number of nitrogens with one attached hydrogen (secondary N) is 1. The van der Waals surface area contributed by atoms with Crippen LogP contribution in [0, 0.1) is 0 Å². The van der Waals surface area contributed by atoms with Crippen LogP contribution in [-0.2, 0) is 6.54 Å². The van der Waals surface area contributed by atoms with Gasteiger partial charge >= 0.3 is 0 Å². The van der Waals surface area contributed by atoms with Gasteiger partial charge < -0.3 is 15.2 Å². The molecule has 94 valence electrons. The Balaban J connectivity index is 2.08. The van der Waals surface area contributed by atoms with E-state index in [1.54, 1.807) is 6.07 Å². The molecule has 3 nitrogen and oxygen atoms in total. The molecule has 0 saturated heterocycles. The molecule has 0 aliphatic heterocycles. The molecule has 0 saturated carbocycles. The largest absolute Gasteiger partial charge is 0.504 e. The lowest BCUT2D eigenvalue weighted by Crippen LogP contribution is -2.00. The summed E-state index contributed by atoms with van der Waals surface area (Å²) < 4.78 is 5.07. The van der Waals surface area contributed by atoms with E-state index in [4.69, 9.17) is 4.74 Å². The summed E-state index contributed by atoms with van der Waals surface area (Å²) >= 11 is 4.23. The highest BCUT2D eigenvalue weighted by Crippen LogP contribution is 2.29. The summed E-state index contributed by atoms with van der Waals surface area (Å²) in [7, 11) is 1.54. The lowest BCUT2D eigenvalue weighted by atomic mass is 10.2. The second-order valence-electron chi connectivity index (χ2n) is 3.87. The van der Waals surface area contributed by atoms with Gasteiger partial charge in [-0.3, -0.25) is 0 Å². The van der Waals surface area contributed by atoms with Crippen molar-refractivity contribution in [1.29, 1.82) is 0 Å². The molecule has 2 aromatic carbocycles. The van der Waals surface area contributed by atoms with Crippen molar-refractivity contribution >= 4 is 18.3 Å². The maximum atomic E-state index is 9.93. The van der Waals surface area contributed by atoms with Gasteiger partial charge in [0.25, 0.3) is 0 Å². The highest BCUT2D eigenvalue weighted by molar-refractivity contribution is 7.80. The average molecular weight is 261 g/mol. The number of para-hydroxylation sites is 1. The number of phenolic OH excluding ortho intramolecular Hbond substituents is 1. The molecule has 0 amide bonds. The van der Waals surface area contributed by atoms with Gasteiger partial charge in [0.15, 0.2) is 11.5 Å². The van der Waals surface area contributed by atoms with E-state index in [2.05, 4.69) is 17.9 Å². The Morgan fingerprint density at radius 2 is 1.89 bits per heavy atom. The van der Waals surface area contributed by atoms with E-state index >= 15 is 0 Å². The van der Waals surface area contributed by atoms with Crippen molar-refractivity contribution < 1.29 is 9.84 Å². The predicted molar refractivity (Wildman–Crippen MR) is 75.7 cm³/mol. The van der Waals surface area contributed by atoms with Crippen LogP contribution in [0.25, 0.3) is 0 Å². The zero-order chi connectivity index (χ0) is 13.0. The van der Waals surface area contributed by atoms with Crippen LogP contribution in [0.2, 0.25) is 0 Å². The monoisotopic (exact) mass is 261 g/mol. The molecule has 2 rings (SSSR count). The minimum atomic E-state index is 0.179. The molecule has 2 N–H and O–H groups in total. The summed E-state index contributed by atoms with van der Waals surface area (Å²) in [5.74, 6) is 0.665. The molecule has 0 unspecified atom stereocenters. The van der Waals surface area contributed by atoms with Gasteiger partial charge in [0.1, 0.15) is 0 Å². The van der Waals surface area contributed by atoms with Crippen molar-refractivity contribution in [3.8, 4) is 11.5 Å². The van der Waals surface area contributed by atoms with Crippen LogP contribution in [0.15, 0.2) is 47.4 Å². The van der Waals surface area contributed by atoms with Gasteiger partial charge in [0, 0.05) is 22.7 Å². The number of benzene rings is 2. The van der Waals surface area contributed by atoms with E-state index in [1.807, 2.05) is 36.4 Å². The summed E-state index contributed by atoms with van der Waals surface area (Å²) in [6.45, 7) is 0.537. The molecule has 0 bridgehead atoms. The molecule has 4 heteroatoms. The van der Waals surface area contributed by atoms with Crippen LogP contribution in [-0.4, -0.2) is 12.2 Å². The predicted octanol–water partition coefficient (Wildman–Crippen LogP) is 3.30. The molecule has 0 aromatic heterocycles. The second kappa shape index (κ2) is 5.69. The van der Waals surface area contributed by atoms with E-state index in [-0.39, 0.29) is 5.75 Å². The Morgan fingerprint density at radius 3 is 2.56 bits per heavy atom. The molecule has 0 heterocycles. The van der Waals surface area contributed by atoms with Crippen molar-refractivity contribution in [3.05, 3.63) is 48.0 Å². The molecule has 2 aromatic rings. The van der Waals surface area contributed by atoms with Gasteiger partial charge in [0.05, 0.1) is 7.11 Å². The first-order valence-corrected chi connectivity index (χ1v) is 6.03. The standard InChI is InChI=1S/C14H15NO2S/c1-17-13-4-2-3-10(14(13)16)9-15-11-5-7-12(18)8-6-11/h2-8,15-16,18H,9H2,1H3. The number of methoxy groups -OCH3 is 1. The van der Waals surface area contributed by atoms with Gasteiger partial charge in [-0.05, 0) is 30.3 Å². The van der Waals surface area contributed by atoms with Gasteiger partial charge in [-0.2, -0.15) is 0 Å². The number of hydrogen-bond donors (Lipinski definition) is 3. The highest BCUT2D eigenvalue weighted by Gasteiger charge is 2.06. The summed E-state index contributed by atoms with van der Waals surface area (Å²) in [4.78, 5) is 0.921. The Morgan fingerprint density at radius 1 is 1.17 bits per heavy atom. The smallest absolute Gasteiger partial charge is 0.162 e. The zero-order valence-electron chi connectivity index (χ0n) is 10.1. The van der Waals surface area contributed by atoms with Gasteiger partial charge in [-0.15, -0.1) is 12.6 Å². The molecular weight excluding hydrogens is 246 g/mol. The van der Waals surface area contributed by atoms with E-state index < -0.39 is 0 Å². The fourth-order valence-electron chi connectivity index (χ4n) is 1.65. The quantitative estimate of drug-likeness (QED) is 0.740. The molecular formula is C14H15NO2S. The van der Waals surface area contributed by atoms with E-state index in [0.717, 1.165) is 16.1 Å². The molecule has 0 radical (unpaired) electrons. The Bertz CT molecular complexity index is 526. The Kier molecular flexibility index (Phi) is 3.99. The van der Waals surface area contributed by atoms with Crippen molar-refractivity contribution in [2.75, 3.05) is 12.4 Å². The molecule has 0 atom stereocenters. The van der Waals surface area contributed by atoms with Crippen molar-refractivity contribution in [3.63, 3.8) is 0 Å². The number of aromatic hydroxyl groups is 1. The summed E-state index contributed by atoms with van der Waals surface area (Å²) in [5, 5.41) is 13.2. The normalized spacial score (nSPS) is 10.1. The van der Waals surface area contributed by atoms with Crippen molar-refractivity contribution in [2.24, 2.45) is 0 Å². The first kappa shape index (κ1) is 12.6. The van der Waals surface area contributed by atoms with Crippen LogP contribution < -0.4 is 10.1 Å². The molecule has 0 spiro atoms. The van der Waals surface area contributed by atoms with Gasteiger partial charge in [-0.25, -0.2) is 0 Å². The number of ether oxygens (including phenoxy) is 1. The first-order valence-electron chi connectivity index (χ1n) is 5.58. The summed E-state index contributed by atoms with van der Waals surface area (Å²) in [6, 6.07) is 13.2. The number of rotatable bonds is 4. The van der Waals surface area contributed by atoms with E-state index in [9.17, 15) is 5.11 Å². The zero-order valence-corrected chi connectivity index (χ0v) is 10.9. The number of phenols is 1. The third-order valence-electron chi connectivity index (χ3n) is 2.65. The topological polar surface area (TPSA) is 41.5 Å². The molecule has 18 heavy (non-hydrogen) atoms. The summed E-state index contributed by atoms with van der Waals surface area (Å²) in [6.07, 6.45) is 0. The van der Waals surface area contributed by atoms with Crippen LogP contribution in [0.3, 0.4) is 0 Å². The number of anilines is 1. The minimum Gasteiger partial charge on any atom is -0.504 e. The van der Waals surface area contributed by atoms with Gasteiger partial charge in [0.2, 0.25) is 0 Å². The van der Waals surface area contributed by atoms with E-state index in [1.165, 1.54) is 7.11 Å². The first-order chi connectivity index (χ1) is 8.70. The maximum absolute atomic E-state index is 9.93. The lowest BCUT2D eigenvalue weighted by molar-refractivity contribution is 0.371. The Hall–Kier alpha value is -1.81. The fourth-order valence-corrected chi connectivity index (χ4v) is 1.80. The van der Waals surface area contributed by atoms with Crippen LogP contribution in [0.5, 0.6) is 11.5 Å². The second-order valence-corrected chi connectivity index (χ2v) is 4.38. The van der Waals surface area contributed by atoms with Crippen LogP contribution >= 0.6 is 12.6 Å². The number of hydrogen-bond acceptors (Lipinski definition) is 4. The SMILES string of the molecule is COc1cccc(CNc2ccc(S)cc2)c1O.